The highest BCUT2D eigenvalue weighted by molar-refractivity contribution is 5.75. The number of rotatable bonds is 18. The summed E-state index contributed by atoms with van der Waals surface area (Å²) in [7, 11) is 0. The number of benzene rings is 6. The first kappa shape index (κ1) is 58.7. The number of aldehydes is 1. The zero-order chi connectivity index (χ0) is 60.7. The zero-order valence-corrected chi connectivity index (χ0v) is 51.1. The van der Waals surface area contributed by atoms with Crippen molar-refractivity contribution >= 4 is 6.29 Å². The molecular formula is C80H78N4O6. The van der Waals surface area contributed by atoms with Crippen molar-refractivity contribution in [2.75, 3.05) is 0 Å². The van der Waals surface area contributed by atoms with E-state index in [0.29, 0.717) is 37.6 Å². The predicted molar refractivity (Wildman–Crippen MR) is 350 cm³/mol. The van der Waals surface area contributed by atoms with Gasteiger partial charge in [-0.2, -0.15) is 0 Å². The Bertz CT molecular complexity index is 3930. The second-order valence-electron chi connectivity index (χ2n) is 26.1. The van der Waals surface area contributed by atoms with E-state index in [1.807, 2.05) is 66.7 Å². The minimum Gasteiger partial charge on any atom is -0.487 e. The predicted octanol–water partition coefficient (Wildman–Crippen LogP) is 17.3. The van der Waals surface area contributed by atoms with Crippen LogP contribution in [0.2, 0.25) is 0 Å². The highest BCUT2D eigenvalue weighted by Crippen LogP contribution is 2.63. The molecule has 6 aliphatic rings. The third kappa shape index (κ3) is 11.9. The van der Waals surface area contributed by atoms with Gasteiger partial charge in [-0.05, 0) is 205 Å². The van der Waals surface area contributed by atoms with Crippen molar-refractivity contribution in [3.05, 3.63) is 293 Å². The van der Waals surface area contributed by atoms with E-state index in [4.69, 9.17) is 18.6 Å². The van der Waals surface area contributed by atoms with Gasteiger partial charge in [0.25, 0.3) is 0 Å². The van der Waals surface area contributed by atoms with E-state index < -0.39 is 0 Å². The molecule has 1 N–H and O–H groups in total. The second-order valence-corrected chi connectivity index (χ2v) is 26.1. The van der Waals surface area contributed by atoms with Gasteiger partial charge in [-0.3, -0.25) is 19.7 Å². The van der Waals surface area contributed by atoms with Gasteiger partial charge in [0.1, 0.15) is 43.4 Å². The molecular weight excluding hydrogens is 1110 g/mol. The highest BCUT2D eigenvalue weighted by Gasteiger charge is 2.55. The lowest BCUT2D eigenvalue weighted by Gasteiger charge is -2.39. The Morgan fingerprint density at radius 2 is 0.789 bits per heavy atom. The van der Waals surface area contributed by atoms with Crippen molar-refractivity contribution in [3.8, 4) is 28.6 Å². The fourth-order valence-electron chi connectivity index (χ4n) is 17.1. The van der Waals surface area contributed by atoms with Crippen molar-refractivity contribution < 1.29 is 28.5 Å². The minimum absolute atomic E-state index is 0.0594. The molecule has 0 radical (unpaired) electrons. The zero-order valence-electron chi connectivity index (χ0n) is 51.1. The number of ether oxygens (including phenoxy) is 3. The molecule has 16 rings (SSSR count). The number of oxazole rings is 1. The number of fused-ring (bicyclic) bond motifs is 6. The molecule has 0 saturated heterocycles. The minimum atomic E-state index is 0.0594. The van der Waals surface area contributed by atoms with Crippen molar-refractivity contribution in [2.24, 2.45) is 35.5 Å². The molecule has 6 unspecified atom stereocenters. The van der Waals surface area contributed by atoms with Gasteiger partial charge in [-0.25, -0.2) is 4.98 Å². The van der Waals surface area contributed by atoms with Crippen LogP contribution in [0.25, 0.3) is 11.3 Å². The number of nitrogens with zero attached hydrogens (tertiary/aromatic N) is 4. The van der Waals surface area contributed by atoms with Gasteiger partial charge in [0.15, 0.2) is 12.2 Å². The number of aromatic nitrogens is 4. The summed E-state index contributed by atoms with van der Waals surface area (Å²) in [6, 6.07) is 69.6. The number of aliphatic hydroxyl groups is 1. The summed E-state index contributed by atoms with van der Waals surface area (Å²) in [4.78, 5) is 28.1. The molecule has 10 nitrogen and oxygen atoms in total. The average molecular weight is 1190 g/mol. The Labute approximate surface area is 528 Å². The van der Waals surface area contributed by atoms with Gasteiger partial charge in [0.05, 0.1) is 29.9 Å². The maximum Gasteiger partial charge on any atom is 0.181 e. The topological polar surface area (TPSA) is 130 Å². The maximum atomic E-state index is 11.1. The van der Waals surface area contributed by atoms with Gasteiger partial charge >= 0.3 is 0 Å². The molecule has 6 aliphatic carbocycles. The van der Waals surface area contributed by atoms with Crippen LogP contribution in [0.4, 0.5) is 0 Å². The molecule has 9 atom stereocenters. The number of pyridine rings is 3. The molecule has 0 spiro atoms. The van der Waals surface area contributed by atoms with E-state index in [-0.39, 0.29) is 22.9 Å². The normalized spacial score (nSPS) is 24.8. The molecule has 6 aromatic carbocycles. The Balaban J connectivity index is 0.000000118. The largest absolute Gasteiger partial charge is 0.487 e. The molecule has 10 heteroatoms. The molecule has 4 heterocycles. The van der Waals surface area contributed by atoms with Crippen LogP contribution in [0.5, 0.6) is 17.2 Å². The van der Waals surface area contributed by atoms with Gasteiger partial charge in [0, 0.05) is 46.0 Å². The Hall–Kier alpha value is -8.99. The van der Waals surface area contributed by atoms with E-state index in [9.17, 15) is 9.90 Å². The molecule has 6 fully saturated rings. The van der Waals surface area contributed by atoms with Crippen molar-refractivity contribution in [3.63, 3.8) is 0 Å². The Morgan fingerprint density at radius 1 is 0.433 bits per heavy atom. The standard InChI is InChI=1S/C28H26N2O2.C26H27NO2.C26H25NO2/c1-2-14-30-25(3-1)18-31-26-12-10-23(11-13-26)28(16-20-4-7-24(28)15-20)22-8-5-21(6-9-22)27-17-29-19-32-27;2*28-17-19-4-7-21(8-5-19)26(16-20-6-9-23(26)15-20)22-10-12-25(13-11-22)29-18-24-3-1-2-14-27-24/h1-3,5-6,8-14,17,19-20,24H,4,7,15-16,18H2;1-5,7-8,10-14,20,23,28H,6,9,15-18H2;1-5,7-8,10-14,17,20,23H,6,9,15-16,18H2/t20?,24?,28-;2*20?,23?,26-/m000/s1. The van der Waals surface area contributed by atoms with Crippen LogP contribution in [0.3, 0.4) is 0 Å². The summed E-state index contributed by atoms with van der Waals surface area (Å²) in [5.74, 6) is 8.00. The fourth-order valence-corrected chi connectivity index (χ4v) is 17.1. The van der Waals surface area contributed by atoms with Gasteiger partial charge in [0.2, 0.25) is 0 Å². The highest BCUT2D eigenvalue weighted by atomic mass is 16.5. The van der Waals surface area contributed by atoms with E-state index in [2.05, 4.69) is 153 Å². The SMILES string of the molecule is O=Cc1ccc([C@]2(c3ccc(OCc4ccccn4)cc3)CC3CCC2C3)cc1.OCc1ccc([C@]2(c3ccc(OCc4ccccn4)cc3)CC3CCC2C3)cc1.c1ccc(COc2ccc([C@@]3(c4ccc(-c5cnco5)cc4)CC4CCC3C4)cc2)nc1. The van der Waals surface area contributed by atoms with Gasteiger partial charge in [-0.15, -0.1) is 0 Å². The number of hydrogen-bond acceptors (Lipinski definition) is 10. The number of hydrogen-bond donors (Lipinski definition) is 1. The molecule has 454 valence electrons. The first-order chi connectivity index (χ1) is 44.4. The van der Waals surface area contributed by atoms with Crippen molar-refractivity contribution in [2.45, 2.75) is 120 Å². The molecule has 4 aromatic heterocycles. The molecule has 0 aliphatic heterocycles. The molecule has 6 bridgehead atoms. The molecule has 0 amide bonds. The van der Waals surface area contributed by atoms with Crippen LogP contribution in [-0.2, 0) is 42.7 Å². The lowest BCUT2D eigenvalue weighted by atomic mass is 9.64. The van der Waals surface area contributed by atoms with E-state index in [1.165, 1.54) is 117 Å². The van der Waals surface area contributed by atoms with Gasteiger partial charge < -0.3 is 23.7 Å². The Kier molecular flexibility index (Phi) is 17.1. The van der Waals surface area contributed by atoms with Crippen LogP contribution >= 0.6 is 0 Å². The van der Waals surface area contributed by atoms with Crippen LogP contribution in [0.1, 0.15) is 143 Å². The summed E-state index contributed by atoms with van der Waals surface area (Å²) >= 11 is 0. The third-order valence-electron chi connectivity index (χ3n) is 21.3. The maximum absolute atomic E-state index is 11.1. The smallest absolute Gasteiger partial charge is 0.181 e. The summed E-state index contributed by atoms with van der Waals surface area (Å²) in [5, 5.41) is 9.43. The van der Waals surface area contributed by atoms with Crippen LogP contribution in [0.15, 0.2) is 236 Å². The van der Waals surface area contributed by atoms with Crippen LogP contribution in [-0.4, -0.2) is 31.3 Å². The van der Waals surface area contributed by atoms with E-state index >= 15 is 0 Å². The fraction of sp³-hybridized carbons (Fsp3) is 0.312. The Morgan fingerprint density at radius 3 is 1.08 bits per heavy atom. The molecule has 10 aromatic rings. The number of carbonyl (C=O) groups excluding carboxylic acids is 1. The number of carbonyl (C=O) groups is 1. The summed E-state index contributed by atoms with van der Waals surface area (Å²) in [6.45, 7) is 1.54. The van der Waals surface area contributed by atoms with Crippen molar-refractivity contribution in [1.82, 2.24) is 19.9 Å². The molecule has 6 saturated carbocycles. The van der Waals surface area contributed by atoms with E-state index in [1.54, 1.807) is 24.8 Å². The van der Waals surface area contributed by atoms with Gasteiger partial charge in [-0.1, -0.05) is 147 Å². The second kappa shape index (κ2) is 26.2. The average Bonchev–Trinajstić information content (AvgIpc) is 1.59. The summed E-state index contributed by atoms with van der Waals surface area (Å²) < 4.78 is 23.4. The summed E-state index contributed by atoms with van der Waals surface area (Å²) in [6.07, 6.45) is 25.2. The lowest BCUT2D eigenvalue weighted by molar-refractivity contribution is 0.112. The third-order valence-corrected chi connectivity index (χ3v) is 21.3. The first-order valence-electron chi connectivity index (χ1n) is 32.5. The van der Waals surface area contributed by atoms with Crippen LogP contribution < -0.4 is 14.2 Å². The lowest BCUT2D eigenvalue weighted by Crippen LogP contribution is -2.34. The van der Waals surface area contributed by atoms with E-state index in [0.717, 1.165) is 80.8 Å². The summed E-state index contributed by atoms with van der Waals surface area (Å²) in [5.41, 5.74) is 14.1. The molecule has 90 heavy (non-hydrogen) atoms. The number of aliphatic hydroxyl groups excluding tert-OH is 1. The van der Waals surface area contributed by atoms with Crippen LogP contribution in [0, 0.1) is 35.5 Å². The first-order valence-corrected chi connectivity index (χ1v) is 32.5. The monoisotopic (exact) mass is 1190 g/mol. The van der Waals surface area contributed by atoms with Crippen molar-refractivity contribution in [1.29, 1.82) is 0 Å². The quantitative estimate of drug-likeness (QED) is 0.0829.